The lowest BCUT2D eigenvalue weighted by Gasteiger charge is -2.13. The summed E-state index contributed by atoms with van der Waals surface area (Å²) in [7, 11) is 0. The topological polar surface area (TPSA) is 46.2 Å². The van der Waals surface area contributed by atoms with Crippen LogP contribution in [0.25, 0.3) is 0 Å². The largest absolute Gasteiger partial charge is 0.383 e. The average molecular weight is 326 g/mol. The van der Waals surface area contributed by atoms with Gasteiger partial charge in [0.15, 0.2) is 0 Å². The smallest absolute Gasteiger partial charge is 0.113 e. The van der Waals surface area contributed by atoms with Crippen molar-refractivity contribution >= 4 is 27.3 Å². The van der Waals surface area contributed by atoms with E-state index in [2.05, 4.69) is 28.9 Å². The van der Waals surface area contributed by atoms with Crippen molar-refractivity contribution in [1.82, 2.24) is 0 Å². The Labute approximate surface area is 120 Å². The Kier molecular flexibility index (Phi) is 4.56. The number of thiophene rings is 1. The Morgan fingerprint density at radius 2 is 2.06 bits per heavy atom. The molecule has 2 atom stereocenters. The fourth-order valence-corrected chi connectivity index (χ4v) is 3.26. The van der Waals surface area contributed by atoms with Gasteiger partial charge in [-0.15, -0.1) is 11.3 Å². The lowest BCUT2D eigenvalue weighted by Crippen LogP contribution is -2.09. The minimum absolute atomic E-state index is 0.312. The molecule has 1 heterocycles. The minimum Gasteiger partial charge on any atom is -0.383 e. The van der Waals surface area contributed by atoms with E-state index < -0.39 is 6.10 Å². The molecule has 2 unspecified atom stereocenters. The molecular weight excluding hydrogens is 310 g/mol. The third-order valence-corrected chi connectivity index (χ3v) is 4.75. The number of benzene rings is 1. The summed E-state index contributed by atoms with van der Waals surface area (Å²) in [5.74, 6) is 0.312. The molecule has 0 radical (unpaired) electrons. The van der Waals surface area contributed by atoms with Crippen LogP contribution in [0.5, 0.6) is 0 Å². The van der Waals surface area contributed by atoms with Crippen molar-refractivity contribution in [2.45, 2.75) is 18.9 Å². The fraction of sp³-hybridized carbons (Fsp3) is 0.286. The quantitative estimate of drug-likeness (QED) is 0.901. The molecular formula is C14H16BrNOS. The number of nitrogens with two attached hydrogens (primary N) is 1. The maximum absolute atomic E-state index is 10.3. The molecule has 2 aromatic rings. The maximum Gasteiger partial charge on any atom is 0.113 e. The molecule has 2 nitrogen and oxygen atoms in total. The van der Waals surface area contributed by atoms with Crippen molar-refractivity contribution in [2.24, 2.45) is 5.73 Å². The Bertz CT molecular complexity index is 526. The third-order valence-electron chi connectivity index (χ3n) is 3.01. The van der Waals surface area contributed by atoms with Crippen LogP contribution < -0.4 is 5.73 Å². The van der Waals surface area contributed by atoms with Gasteiger partial charge in [0.25, 0.3) is 0 Å². The zero-order chi connectivity index (χ0) is 13.1. The van der Waals surface area contributed by atoms with Gasteiger partial charge in [-0.3, -0.25) is 0 Å². The molecule has 1 aromatic heterocycles. The van der Waals surface area contributed by atoms with Crippen molar-refractivity contribution in [1.29, 1.82) is 0 Å². The molecule has 2 rings (SSSR count). The maximum atomic E-state index is 10.3. The summed E-state index contributed by atoms with van der Waals surface area (Å²) in [6, 6.07) is 9.97. The van der Waals surface area contributed by atoms with Crippen LogP contribution in [-0.2, 0) is 0 Å². The molecule has 0 aliphatic carbocycles. The third kappa shape index (κ3) is 3.01. The highest BCUT2D eigenvalue weighted by Crippen LogP contribution is 2.31. The van der Waals surface area contributed by atoms with Crippen molar-refractivity contribution < 1.29 is 5.11 Å². The van der Waals surface area contributed by atoms with Crippen LogP contribution in [0.3, 0.4) is 0 Å². The molecule has 0 bridgehead atoms. The van der Waals surface area contributed by atoms with Gasteiger partial charge in [-0.2, -0.15) is 0 Å². The predicted octanol–water partition coefficient (Wildman–Crippen LogP) is 3.65. The summed E-state index contributed by atoms with van der Waals surface area (Å²) in [5, 5.41) is 12.3. The van der Waals surface area contributed by atoms with Gasteiger partial charge in [-0.1, -0.05) is 31.2 Å². The molecule has 0 aliphatic heterocycles. The number of rotatable bonds is 4. The minimum atomic E-state index is -0.564. The summed E-state index contributed by atoms with van der Waals surface area (Å²) in [6.45, 7) is 2.71. The van der Waals surface area contributed by atoms with Crippen molar-refractivity contribution in [3.05, 3.63) is 56.2 Å². The lowest BCUT2D eigenvalue weighted by atomic mass is 9.97. The summed E-state index contributed by atoms with van der Waals surface area (Å²) >= 11 is 4.96. The summed E-state index contributed by atoms with van der Waals surface area (Å²) in [5.41, 5.74) is 7.77. The predicted molar refractivity (Wildman–Crippen MR) is 80.0 cm³/mol. The van der Waals surface area contributed by atoms with Crippen LogP contribution in [0.4, 0.5) is 0 Å². The summed E-state index contributed by atoms with van der Waals surface area (Å²) in [4.78, 5) is 0.944. The Morgan fingerprint density at radius 1 is 1.33 bits per heavy atom. The summed E-state index contributed by atoms with van der Waals surface area (Å²) < 4.78 is 1.01. The van der Waals surface area contributed by atoms with E-state index in [1.54, 1.807) is 11.3 Å². The zero-order valence-corrected chi connectivity index (χ0v) is 12.5. The summed E-state index contributed by atoms with van der Waals surface area (Å²) in [6.07, 6.45) is -0.564. The second-order valence-corrected chi connectivity index (χ2v) is 6.24. The Hall–Kier alpha value is -0.680. The van der Waals surface area contributed by atoms with Crippen molar-refractivity contribution in [2.75, 3.05) is 6.54 Å². The highest BCUT2D eigenvalue weighted by molar-refractivity contribution is 9.10. The highest BCUT2D eigenvalue weighted by atomic mass is 79.9. The van der Waals surface area contributed by atoms with E-state index >= 15 is 0 Å². The molecule has 0 saturated heterocycles. The molecule has 0 saturated carbocycles. The first-order chi connectivity index (χ1) is 8.61. The van der Waals surface area contributed by atoms with Gasteiger partial charge in [-0.25, -0.2) is 0 Å². The monoisotopic (exact) mass is 325 g/mol. The van der Waals surface area contributed by atoms with Crippen LogP contribution in [0.2, 0.25) is 0 Å². The van der Waals surface area contributed by atoms with Crippen LogP contribution in [0, 0.1) is 0 Å². The van der Waals surface area contributed by atoms with Crippen LogP contribution in [-0.4, -0.2) is 11.7 Å². The van der Waals surface area contributed by atoms with Gasteiger partial charge in [0.2, 0.25) is 0 Å². The van der Waals surface area contributed by atoms with Crippen LogP contribution >= 0.6 is 27.3 Å². The lowest BCUT2D eigenvalue weighted by molar-refractivity contribution is 0.224. The molecule has 0 amide bonds. The number of hydrogen-bond donors (Lipinski definition) is 2. The average Bonchev–Trinajstić information content (AvgIpc) is 2.83. The van der Waals surface area contributed by atoms with E-state index in [0.717, 1.165) is 14.9 Å². The van der Waals surface area contributed by atoms with E-state index in [4.69, 9.17) is 5.73 Å². The van der Waals surface area contributed by atoms with Crippen LogP contribution in [0.15, 0.2) is 40.2 Å². The van der Waals surface area contributed by atoms with Crippen molar-refractivity contribution in [3.63, 3.8) is 0 Å². The second kappa shape index (κ2) is 5.97. The first kappa shape index (κ1) is 13.7. The van der Waals surface area contributed by atoms with E-state index in [1.807, 2.05) is 29.6 Å². The standard InChI is InChI=1S/C14H16BrNOS/c1-9(7-16)10-3-2-4-11(5-10)14(17)13-6-12(15)8-18-13/h2-6,8-9,14,17H,7,16H2,1H3. The molecule has 18 heavy (non-hydrogen) atoms. The first-order valence-corrected chi connectivity index (χ1v) is 7.51. The zero-order valence-electron chi connectivity index (χ0n) is 10.1. The van der Waals surface area contributed by atoms with Gasteiger partial charge in [0.05, 0.1) is 0 Å². The highest BCUT2D eigenvalue weighted by Gasteiger charge is 2.14. The molecule has 0 aliphatic rings. The van der Waals surface area contributed by atoms with Gasteiger partial charge in [-0.05, 0) is 45.6 Å². The normalized spacial score (nSPS) is 14.4. The van der Waals surface area contributed by atoms with Gasteiger partial charge in [0.1, 0.15) is 6.10 Å². The van der Waals surface area contributed by atoms with E-state index in [0.29, 0.717) is 12.5 Å². The van der Waals surface area contributed by atoms with Gasteiger partial charge < -0.3 is 10.8 Å². The molecule has 4 heteroatoms. The van der Waals surface area contributed by atoms with Gasteiger partial charge >= 0.3 is 0 Å². The first-order valence-electron chi connectivity index (χ1n) is 5.83. The number of aliphatic hydroxyl groups is 1. The van der Waals surface area contributed by atoms with E-state index in [1.165, 1.54) is 5.56 Å². The Morgan fingerprint density at radius 3 is 2.67 bits per heavy atom. The molecule has 3 N–H and O–H groups in total. The van der Waals surface area contributed by atoms with Crippen LogP contribution in [0.1, 0.15) is 34.9 Å². The van der Waals surface area contributed by atoms with Crippen molar-refractivity contribution in [3.8, 4) is 0 Å². The second-order valence-electron chi connectivity index (χ2n) is 4.38. The molecule has 96 valence electrons. The fourth-order valence-electron chi connectivity index (χ4n) is 1.81. The number of halogens is 1. The van der Waals surface area contributed by atoms with E-state index in [-0.39, 0.29) is 0 Å². The van der Waals surface area contributed by atoms with E-state index in [9.17, 15) is 5.11 Å². The number of hydrogen-bond acceptors (Lipinski definition) is 3. The Balaban J connectivity index is 2.28. The number of aliphatic hydroxyl groups excluding tert-OH is 1. The molecule has 1 aromatic carbocycles. The van der Waals surface area contributed by atoms with Gasteiger partial charge in [0, 0.05) is 14.7 Å². The molecule has 0 fully saturated rings. The SMILES string of the molecule is CC(CN)c1cccc(C(O)c2cc(Br)cs2)c1. The molecule has 0 spiro atoms.